The van der Waals surface area contributed by atoms with Crippen LogP contribution in [0.15, 0.2) is 18.2 Å². The van der Waals surface area contributed by atoms with Gasteiger partial charge in [0.1, 0.15) is 5.82 Å². The molecule has 0 radical (unpaired) electrons. The van der Waals surface area contributed by atoms with Gasteiger partial charge in [-0.1, -0.05) is 18.9 Å². The van der Waals surface area contributed by atoms with E-state index in [0.717, 1.165) is 24.3 Å². The van der Waals surface area contributed by atoms with E-state index in [4.69, 9.17) is 5.73 Å². The molecule has 2 rings (SSSR count). The van der Waals surface area contributed by atoms with E-state index in [1.165, 1.54) is 26.0 Å². The summed E-state index contributed by atoms with van der Waals surface area (Å²) in [5.41, 5.74) is 7.02. The minimum absolute atomic E-state index is 0.103. The minimum Gasteiger partial charge on any atom is -0.453 e. The number of hydrogen-bond acceptors (Lipinski definition) is 3. The molecule has 104 valence electrons. The second kappa shape index (κ2) is 6.02. The zero-order valence-corrected chi connectivity index (χ0v) is 11.0. The largest absolute Gasteiger partial charge is 0.453 e. The van der Waals surface area contributed by atoms with Gasteiger partial charge in [-0.3, -0.25) is 5.32 Å². The lowest BCUT2D eigenvalue weighted by Crippen LogP contribution is -2.14. The van der Waals surface area contributed by atoms with Crippen molar-refractivity contribution in [3.8, 4) is 0 Å². The van der Waals surface area contributed by atoms with E-state index in [1.807, 2.05) is 0 Å². The summed E-state index contributed by atoms with van der Waals surface area (Å²) in [6.45, 7) is 0. The van der Waals surface area contributed by atoms with Crippen LogP contribution in [0.5, 0.6) is 0 Å². The van der Waals surface area contributed by atoms with E-state index in [-0.39, 0.29) is 11.7 Å². The van der Waals surface area contributed by atoms with Gasteiger partial charge >= 0.3 is 6.09 Å². The van der Waals surface area contributed by atoms with Crippen molar-refractivity contribution >= 4 is 11.8 Å². The Morgan fingerprint density at radius 1 is 1.58 bits per heavy atom. The topological polar surface area (TPSA) is 64.3 Å². The molecule has 1 aliphatic carbocycles. The molecule has 0 spiro atoms. The Bertz CT molecular complexity index is 461. The smallest absolute Gasteiger partial charge is 0.411 e. The van der Waals surface area contributed by atoms with E-state index in [2.05, 4.69) is 10.1 Å². The molecule has 1 atom stereocenters. The average molecular weight is 266 g/mol. The molecule has 0 heterocycles. The summed E-state index contributed by atoms with van der Waals surface area (Å²) >= 11 is 0. The van der Waals surface area contributed by atoms with Crippen molar-refractivity contribution in [2.45, 2.75) is 31.7 Å². The lowest BCUT2D eigenvalue weighted by Gasteiger charge is -2.14. The van der Waals surface area contributed by atoms with E-state index in [0.29, 0.717) is 0 Å². The highest BCUT2D eigenvalue weighted by Gasteiger charge is 2.22. The summed E-state index contributed by atoms with van der Waals surface area (Å²) in [5.74, 6) is 0.322. The number of ether oxygens (including phenoxy) is 1. The van der Waals surface area contributed by atoms with Crippen LogP contribution in [-0.2, 0) is 4.74 Å². The minimum atomic E-state index is -0.692. The first kappa shape index (κ1) is 13.8. The number of rotatable bonds is 5. The number of benzene rings is 1. The molecule has 1 amide bonds. The molecule has 0 bridgehead atoms. The number of carbonyl (C=O) groups excluding carboxylic acids is 1. The Hall–Kier alpha value is -1.62. The van der Waals surface area contributed by atoms with Crippen LogP contribution in [0, 0.1) is 11.7 Å². The summed E-state index contributed by atoms with van der Waals surface area (Å²) in [5, 5.41) is 2.34. The van der Waals surface area contributed by atoms with Gasteiger partial charge in [0.25, 0.3) is 0 Å². The molecular formula is C14H19FN2O2. The molecule has 1 saturated carbocycles. The Morgan fingerprint density at radius 2 is 2.32 bits per heavy atom. The molecule has 1 aliphatic rings. The van der Waals surface area contributed by atoms with Gasteiger partial charge in [0.15, 0.2) is 0 Å². The number of nitrogens with one attached hydrogen (secondary N) is 1. The Morgan fingerprint density at radius 3 is 2.95 bits per heavy atom. The fourth-order valence-corrected chi connectivity index (χ4v) is 2.02. The van der Waals surface area contributed by atoms with Crippen LogP contribution in [0.4, 0.5) is 14.9 Å². The summed E-state index contributed by atoms with van der Waals surface area (Å²) in [7, 11) is 1.23. The lowest BCUT2D eigenvalue weighted by molar-refractivity contribution is 0.187. The molecule has 0 aliphatic heterocycles. The predicted molar refractivity (Wildman–Crippen MR) is 71.3 cm³/mol. The maximum absolute atomic E-state index is 13.5. The summed E-state index contributed by atoms with van der Waals surface area (Å²) in [4.78, 5) is 11.1. The average Bonchev–Trinajstić information content (AvgIpc) is 3.22. The first-order chi connectivity index (χ1) is 9.10. The number of methoxy groups -OCH3 is 1. The van der Waals surface area contributed by atoms with Crippen LogP contribution in [0.1, 0.15) is 37.3 Å². The van der Waals surface area contributed by atoms with Crippen LogP contribution in [0.25, 0.3) is 0 Å². The number of halogens is 1. The van der Waals surface area contributed by atoms with Crippen molar-refractivity contribution in [1.82, 2.24) is 0 Å². The van der Waals surface area contributed by atoms with Crippen LogP contribution in [-0.4, -0.2) is 13.2 Å². The van der Waals surface area contributed by atoms with E-state index in [9.17, 15) is 9.18 Å². The lowest BCUT2D eigenvalue weighted by atomic mass is 10.0. The van der Waals surface area contributed by atoms with Gasteiger partial charge in [0, 0.05) is 6.04 Å². The number of amides is 1. The van der Waals surface area contributed by atoms with E-state index >= 15 is 0 Å². The third-order valence-corrected chi connectivity index (χ3v) is 3.42. The number of hydrogen-bond donors (Lipinski definition) is 2. The maximum Gasteiger partial charge on any atom is 0.411 e. The predicted octanol–water partition coefficient (Wildman–Crippen LogP) is 3.19. The Kier molecular flexibility index (Phi) is 4.37. The standard InChI is InChI=1S/C14H19FN2O2/c1-19-14(18)17-13-8-10(5-6-11(13)15)12(16)7-4-9-2-3-9/h5-6,8-9,12H,2-4,7,16H2,1H3,(H,17,18). The van der Waals surface area contributed by atoms with Crippen molar-refractivity contribution < 1.29 is 13.9 Å². The Balaban J connectivity index is 2.03. The first-order valence-electron chi connectivity index (χ1n) is 6.50. The quantitative estimate of drug-likeness (QED) is 0.860. The molecule has 1 fully saturated rings. The summed E-state index contributed by atoms with van der Waals surface area (Å²) < 4.78 is 18.0. The molecule has 1 unspecified atom stereocenters. The molecule has 0 aromatic heterocycles. The SMILES string of the molecule is COC(=O)Nc1cc(C(N)CCC2CC2)ccc1F. The van der Waals surface area contributed by atoms with Crippen molar-refractivity contribution in [2.75, 3.05) is 12.4 Å². The van der Waals surface area contributed by atoms with Gasteiger partial charge in [-0.15, -0.1) is 0 Å². The highest BCUT2D eigenvalue weighted by Crippen LogP contribution is 2.35. The highest BCUT2D eigenvalue weighted by atomic mass is 19.1. The van der Waals surface area contributed by atoms with Gasteiger partial charge in [-0.05, 0) is 36.5 Å². The summed E-state index contributed by atoms with van der Waals surface area (Å²) in [6, 6.07) is 4.43. The normalized spacial score (nSPS) is 15.9. The monoisotopic (exact) mass is 266 g/mol. The van der Waals surface area contributed by atoms with E-state index < -0.39 is 11.9 Å². The molecule has 4 nitrogen and oxygen atoms in total. The van der Waals surface area contributed by atoms with Crippen LogP contribution in [0.2, 0.25) is 0 Å². The van der Waals surface area contributed by atoms with E-state index in [1.54, 1.807) is 12.1 Å². The number of nitrogens with two attached hydrogens (primary N) is 1. The number of anilines is 1. The first-order valence-corrected chi connectivity index (χ1v) is 6.50. The second-order valence-corrected chi connectivity index (χ2v) is 4.98. The Labute approximate surface area is 112 Å². The van der Waals surface area contributed by atoms with Crippen LogP contribution in [0.3, 0.4) is 0 Å². The molecule has 1 aromatic rings. The van der Waals surface area contributed by atoms with Crippen molar-refractivity contribution in [1.29, 1.82) is 0 Å². The fourth-order valence-electron chi connectivity index (χ4n) is 2.02. The summed E-state index contributed by atoms with van der Waals surface area (Å²) in [6.07, 6.45) is 3.89. The van der Waals surface area contributed by atoms with Crippen molar-refractivity contribution in [3.63, 3.8) is 0 Å². The zero-order valence-electron chi connectivity index (χ0n) is 11.0. The van der Waals surface area contributed by atoms with Crippen molar-refractivity contribution in [2.24, 2.45) is 11.7 Å². The van der Waals surface area contributed by atoms with Gasteiger partial charge in [0.05, 0.1) is 12.8 Å². The molecular weight excluding hydrogens is 247 g/mol. The highest BCUT2D eigenvalue weighted by molar-refractivity contribution is 5.84. The van der Waals surface area contributed by atoms with Gasteiger partial charge < -0.3 is 10.5 Å². The molecule has 3 N–H and O–H groups in total. The van der Waals surface area contributed by atoms with Crippen LogP contribution < -0.4 is 11.1 Å². The van der Waals surface area contributed by atoms with Gasteiger partial charge in [0.2, 0.25) is 0 Å². The van der Waals surface area contributed by atoms with Gasteiger partial charge in [-0.25, -0.2) is 9.18 Å². The number of carbonyl (C=O) groups is 1. The molecule has 1 aromatic carbocycles. The third-order valence-electron chi connectivity index (χ3n) is 3.42. The maximum atomic E-state index is 13.5. The fraction of sp³-hybridized carbons (Fsp3) is 0.500. The van der Waals surface area contributed by atoms with Crippen LogP contribution >= 0.6 is 0 Å². The molecule has 5 heteroatoms. The van der Waals surface area contributed by atoms with Crippen molar-refractivity contribution in [3.05, 3.63) is 29.6 Å². The molecule has 0 saturated heterocycles. The third kappa shape index (κ3) is 3.92. The second-order valence-electron chi connectivity index (χ2n) is 4.98. The van der Waals surface area contributed by atoms with Gasteiger partial charge in [-0.2, -0.15) is 0 Å². The zero-order chi connectivity index (χ0) is 13.8. The molecule has 19 heavy (non-hydrogen) atoms.